The summed E-state index contributed by atoms with van der Waals surface area (Å²) in [7, 11) is 1.39. The van der Waals surface area contributed by atoms with Crippen LogP contribution in [0.2, 0.25) is 0 Å². The summed E-state index contributed by atoms with van der Waals surface area (Å²) in [5, 5.41) is 0. The van der Waals surface area contributed by atoms with Crippen LogP contribution >= 0.6 is 11.8 Å². The minimum Gasteiger partial charge on any atom is -0.469 e. The molecule has 0 bridgehead atoms. The lowest BCUT2D eigenvalue weighted by Crippen LogP contribution is -2.10. The molecule has 120 valence electrons. The maximum absolute atomic E-state index is 11.8. The molecule has 0 heterocycles. The van der Waals surface area contributed by atoms with Gasteiger partial charge >= 0.3 is 5.97 Å². The molecule has 2 aromatic rings. The van der Waals surface area contributed by atoms with Crippen LogP contribution in [-0.4, -0.2) is 18.9 Å². The van der Waals surface area contributed by atoms with Crippen LogP contribution in [0.4, 0.5) is 0 Å². The standard InChI is InChI=1S/C19H20O3S/c1-12-5-10-18(17(11-12)14(3)20)23-16-8-6-15(7-9-16)13(2)19(21)22-4/h5-11,13H,1-4H3. The highest BCUT2D eigenvalue weighted by molar-refractivity contribution is 7.99. The molecule has 2 aromatic carbocycles. The van der Waals surface area contributed by atoms with E-state index in [9.17, 15) is 9.59 Å². The number of benzene rings is 2. The maximum atomic E-state index is 11.8. The molecule has 0 amide bonds. The number of Topliss-reactive ketones (excluding diaryl/α,β-unsaturated/α-hetero) is 1. The number of carbonyl (C=O) groups excluding carboxylic acids is 2. The van der Waals surface area contributed by atoms with Crippen molar-refractivity contribution in [2.75, 3.05) is 7.11 Å². The van der Waals surface area contributed by atoms with Crippen LogP contribution in [0.3, 0.4) is 0 Å². The van der Waals surface area contributed by atoms with Crippen molar-refractivity contribution in [3.63, 3.8) is 0 Å². The second-order valence-corrected chi connectivity index (χ2v) is 6.59. The van der Waals surface area contributed by atoms with E-state index in [4.69, 9.17) is 4.74 Å². The highest BCUT2D eigenvalue weighted by Crippen LogP contribution is 2.32. The third-order valence-corrected chi connectivity index (χ3v) is 4.76. The Bertz CT molecular complexity index is 720. The lowest BCUT2D eigenvalue weighted by molar-refractivity contribution is -0.141. The molecule has 2 rings (SSSR count). The summed E-state index contributed by atoms with van der Waals surface area (Å²) in [6.07, 6.45) is 0. The number of methoxy groups -OCH3 is 1. The normalized spacial score (nSPS) is 11.8. The minimum absolute atomic E-state index is 0.0622. The van der Waals surface area contributed by atoms with Gasteiger partial charge in [0.25, 0.3) is 0 Å². The van der Waals surface area contributed by atoms with E-state index in [2.05, 4.69) is 0 Å². The number of carbonyl (C=O) groups is 2. The fraction of sp³-hybridized carbons (Fsp3) is 0.263. The molecule has 0 aliphatic carbocycles. The maximum Gasteiger partial charge on any atom is 0.312 e. The van der Waals surface area contributed by atoms with Gasteiger partial charge in [-0.15, -0.1) is 0 Å². The van der Waals surface area contributed by atoms with Crippen molar-refractivity contribution in [2.45, 2.75) is 36.5 Å². The zero-order valence-electron chi connectivity index (χ0n) is 13.8. The smallest absolute Gasteiger partial charge is 0.312 e. The molecule has 0 aliphatic heterocycles. The van der Waals surface area contributed by atoms with Gasteiger partial charge < -0.3 is 4.74 Å². The van der Waals surface area contributed by atoms with Gasteiger partial charge in [-0.3, -0.25) is 9.59 Å². The summed E-state index contributed by atoms with van der Waals surface area (Å²) in [6.45, 7) is 5.38. The Kier molecular flexibility index (Phi) is 5.61. The molecule has 23 heavy (non-hydrogen) atoms. The minimum atomic E-state index is -0.286. The highest BCUT2D eigenvalue weighted by Gasteiger charge is 2.15. The van der Waals surface area contributed by atoms with Gasteiger partial charge in [-0.1, -0.05) is 35.5 Å². The van der Waals surface area contributed by atoms with Gasteiger partial charge in [0.15, 0.2) is 5.78 Å². The van der Waals surface area contributed by atoms with Crippen molar-refractivity contribution in [3.8, 4) is 0 Å². The van der Waals surface area contributed by atoms with Crippen molar-refractivity contribution in [1.29, 1.82) is 0 Å². The summed E-state index contributed by atoms with van der Waals surface area (Å²) in [4.78, 5) is 25.3. The zero-order valence-corrected chi connectivity index (χ0v) is 14.6. The van der Waals surface area contributed by atoms with E-state index in [1.54, 1.807) is 18.7 Å². The molecular weight excluding hydrogens is 308 g/mol. The van der Waals surface area contributed by atoms with E-state index in [1.165, 1.54) is 7.11 Å². The number of hydrogen-bond donors (Lipinski definition) is 0. The third-order valence-electron chi connectivity index (χ3n) is 3.68. The van der Waals surface area contributed by atoms with E-state index in [-0.39, 0.29) is 17.7 Å². The van der Waals surface area contributed by atoms with Crippen molar-refractivity contribution < 1.29 is 14.3 Å². The fourth-order valence-electron chi connectivity index (χ4n) is 2.27. The average molecular weight is 328 g/mol. The highest BCUT2D eigenvalue weighted by atomic mass is 32.2. The topological polar surface area (TPSA) is 43.4 Å². The van der Waals surface area contributed by atoms with Crippen LogP contribution in [-0.2, 0) is 9.53 Å². The number of hydrogen-bond acceptors (Lipinski definition) is 4. The molecule has 0 aromatic heterocycles. The monoisotopic (exact) mass is 328 g/mol. The Hall–Kier alpha value is -2.07. The van der Waals surface area contributed by atoms with E-state index in [0.29, 0.717) is 0 Å². The quantitative estimate of drug-likeness (QED) is 0.593. The molecule has 0 saturated carbocycles. The summed E-state index contributed by atoms with van der Waals surface area (Å²) in [6, 6.07) is 13.7. The first-order valence-electron chi connectivity index (χ1n) is 7.39. The first-order chi connectivity index (χ1) is 10.9. The van der Waals surface area contributed by atoms with E-state index < -0.39 is 0 Å². The number of ketones is 1. The number of aryl methyl sites for hydroxylation is 1. The summed E-state index contributed by atoms with van der Waals surface area (Å²) < 4.78 is 4.76. The van der Waals surface area contributed by atoms with E-state index in [1.807, 2.05) is 56.3 Å². The van der Waals surface area contributed by atoms with Crippen LogP contribution < -0.4 is 0 Å². The third kappa shape index (κ3) is 4.23. The second-order valence-electron chi connectivity index (χ2n) is 5.47. The number of esters is 1. The summed E-state index contributed by atoms with van der Waals surface area (Å²) >= 11 is 1.55. The van der Waals surface area contributed by atoms with Crippen molar-refractivity contribution in [2.24, 2.45) is 0 Å². The Morgan fingerprint density at radius 1 is 1.09 bits per heavy atom. The Morgan fingerprint density at radius 3 is 2.30 bits per heavy atom. The molecule has 0 spiro atoms. The fourth-order valence-corrected chi connectivity index (χ4v) is 3.25. The number of rotatable bonds is 5. The van der Waals surface area contributed by atoms with Gasteiger partial charge in [-0.25, -0.2) is 0 Å². The Labute approximate surface area is 141 Å². The molecule has 1 atom stereocenters. The summed E-state index contributed by atoms with van der Waals surface area (Å²) in [5.41, 5.74) is 2.72. The second kappa shape index (κ2) is 7.47. The Balaban J connectivity index is 2.22. The van der Waals surface area contributed by atoms with Crippen molar-refractivity contribution >= 4 is 23.5 Å². The molecule has 0 aliphatic rings. The van der Waals surface area contributed by atoms with Gasteiger partial charge in [0.2, 0.25) is 0 Å². The molecular formula is C19H20O3S. The van der Waals surface area contributed by atoms with Crippen LogP contribution in [0, 0.1) is 6.92 Å². The first-order valence-corrected chi connectivity index (χ1v) is 8.21. The van der Waals surface area contributed by atoms with Crippen LogP contribution in [0.1, 0.15) is 41.3 Å². The van der Waals surface area contributed by atoms with Crippen LogP contribution in [0.25, 0.3) is 0 Å². The molecule has 0 saturated heterocycles. The molecule has 0 radical (unpaired) electrons. The average Bonchev–Trinajstić information content (AvgIpc) is 2.55. The first kappa shape index (κ1) is 17.3. The lowest BCUT2D eigenvalue weighted by atomic mass is 10.0. The van der Waals surface area contributed by atoms with E-state index >= 15 is 0 Å². The molecule has 3 nitrogen and oxygen atoms in total. The van der Waals surface area contributed by atoms with Gasteiger partial charge in [-0.2, -0.15) is 0 Å². The number of ether oxygens (including phenoxy) is 1. The van der Waals surface area contributed by atoms with Gasteiger partial charge in [-0.05, 0) is 50.6 Å². The van der Waals surface area contributed by atoms with Gasteiger partial charge in [0.05, 0.1) is 13.0 Å². The van der Waals surface area contributed by atoms with Crippen LogP contribution in [0.5, 0.6) is 0 Å². The Morgan fingerprint density at radius 2 is 1.74 bits per heavy atom. The van der Waals surface area contributed by atoms with Crippen molar-refractivity contribution in [3.05, 3.63) is 59.2 Å². The van der Waals surface area contributed by atoms with Crippen LogP contribution in [0.15, 0.2) is 52.3 Å². The predicted molar refractivity (Wildman–Crippen MR) is 92.2 cm³/mol. The van der Waals surface area contributed by atoms with Gasteiger partial charge in [0, 0.05) is 15.4 Å². The zero-order chi connectivity index (χ0) is 17.0. The molecule has 1 unspecified atom stereocenters. The largest absolute Gasteiger partial charge is 0.469 e. The van der Waals surface area contributed by atoms with Gasteiger partial charge in [0.1, 0.15) is 0 Å². The lowest BCUT2D eigenvalue weighted by Gasteiger charge is -2.11. The summed E-state index contributed by atoms with van der Waals surface area (Å²) in [5.74, 6) is -0.471. The SMILES string of the molecule is COC(=O)C(C)c1ccc(Sc2ccc(C)cc2C(C)=O)cc1. The molecule has 0 fully saturated rings. The van der Waals surface area contributed by atoms with Crippen molar-refractivity contribution in [1.82, 2.24) is 0 Å². The predicted octanol–water partition coefficient (Wildman–Crippen LogP) is 4.63. The van der Waals surface area contributed by atoms with E-state index in [0.717, 1.165) is 26.5 Å². The molecule has 0 N–H and O–H groups in total. The molecule has 4 heteroatoms.